The first-order chi connectivity index (χ1) is 7.36. The van der Waals surface area contributed by atoms with E-state index < -0.39 is 0 Å². The van der Waals surface area contributed by atoms with Crippen molar-refractivity contribution in [3.05, 3.63) is 42.9 Å². The molecule has 1 N–H and O–H groups in total. The molecule has 15 heavy (non-hydrogen) atoms. The summed E-state index contributed by atoms with van der Waals surface area (Å²) in [5.74, 6) is 0.0546. The third kappa shape index (κ3) is 2.31. The van der Waals surface area contributed by atoms with Crippen LogP contribution in [0.5, 0.6) is 0 Å². The second-order valence-corrected chi connectivity index (χ2v) is 2.64. The molecule has 6 heteroatoms. The molecule has 0 spiro atoms. The molecule has 0 aromatic carbocycles. The van der Waals surface area contributed by atoms with Crippen molar-refractivity contribution < 1.29 is 4.79 Å². The normalized spacial score (nSPS) is 9.60. The quantitative estimate of drug-likeness (QED) is 0.766. The van der Waals surface area contributed by atoms with Crippen LogP contribution in [0.1, 0.15) is 10.5 Å². The van der Waals surface area contributed by atoms with Crippen LogP contribution in [0.4, 0.5) is 5.82 Å². The molecule has 6 nitrogen and oxygen atoms in total. The van der Waals surface area contributed by atoms with Gasteiger partial charge in [-0.05, 0) is 6.07 Å². The molecule has 1 amide bonds. The lowest BCUT2D eigenvalue weighted by molar-refractivity contribution is 0.102. The van der Waals surface area contributed by atoms with Crippen LogP contribution >= 0.6 is 0 Å². The molecule has 0 aliphatic heterocycles. The zero-order valence-electron chi connectivity index (χ0n) is 7.66. The van der Waals surface area contributed by atoms with Crippen LogP contribution in [0, 0.1) is 0 Å². The van der Waals surface area contributed by atoms with Gasteiger partial charge in [0.15, 0.2) is 5.82 Å². The van der Waals surface area contributed by atoms with E-state index in [1.165, 1.54) is 37.2 Å². The molecule has 0 radical (unpaired) electrons. The van der Waals surface area contributed by atoms with Gasteiger partial charge in [-0.15, -0.1) is 0 Å². The molecular weight excluding hydrogens is 194 g/mol. The smallest absolute Gasteiger partial charge is 0.275 e. The topological polar surface area (TPSA) is 80.7 Å². The average molecular weight is 201 g/mol. The van der Waals surface area contributed by atoms with Crippen molar-refractivity contribution in [3.8, 4) is 0 Å². The number of nitrogens with one attached hydrogen (secondary N) is 1. The molecule has 0 saturated carbocycles. The molecule has 2 aromatic heterocycles. The Kier molecular flexibility index (Phi) is 2.59. The second-order valence-electron chi connectivity index (χ2n) is 2.64. The van der Waals surface area contributed by atoms with E-state index in [-0.39, 0.29) is 11.6 Å². The second kappa shape index (κ2) is 4.23. The third-order valence-electron chi connectivity index (χ3n) is 1.62. The lowest BCUT2D eigenvalue weighted by Gasteiger charge is -2.01. The van der Waals surface area contributed by atoms with E-state index in [9.17, 15) is 4.79 Å². The van der Waals surface area contributed by atoms with Crippen LogP contribution in [0.25, 0.3) is 0 Å². The minimum atomic E-state index is -0.335. The van der Waals surface area contributed by atoms with Gasteiger partial charge in [-0.3, -0.25) is 9.78 Å². The van der Waals surface area contributed by atoms with Gasteiger partial charge in [0.05, 0.1) is 6.20 Å². The standard InChI is InChI=1S/C9H7N5O/c15-9(7-1-2-11-6-13-7)14-8-5-10-3-4-12-8/h1-6H,(H,12,14,15). The van der Waals surface area contributed by atoms with Gasteiger partial charge in [0.2, 0.25) is 0 Å². The summed E-state index contributed by atoms with van der Waals surface area (Å²) in [5.41, 5.74) is 0.288. The Labute approximate surface area is 85.4 Å². The summed E-state index contributed by atoms with van der Waals surface area (Å²) in [6, 6.07) is 1.52. The number of hydrogen-bond acceptors (Lipinski definition) is 5. The number of nitrogens with zero attached hydrogens (tertiary/aromatic N) is 4. The maximum atomic E-state index is 11.5. The van der Waals surface area contributed by atoms with Gasteiger partial charge in [-0.2, -0.15) is 0 Å². The lowest BCUT2D eigenvalue weighted by Crippen LogP contribution is -2.14. The van der Waals surface area contributed by atoms with Crippen molar-refractivity contribution >= 4 is 11.7 Å². The fraction of sp³-hybridized carbons (Fsp3) is 0. The highest BCUT2D eigenvalue weighted by Gasteiger charge is 2.06. The first-order valence-corrected chi connectivity index (χ1v) is 4.19. The van der Waals surface area contributed by atoms with Gasteiger partial charge in [0.1, 0.15) is 12.0 Å². The molecule has 2 heterocycles. The number of carbonyl (C=O) groups is 1. The summed E-state index contributed by atoms with van der Waals surface area (Å²) in [7, 11) is 0. The molecule has 0 fully saturated rings. The Morgan fingerprint density at radius 1 is 1.13 bits per heavy atom. The van der Waals surface area contributed by atoms with Crippen LogP contribution in [-0.2, 0) is 0 Å². The Hall–Kier alpha value is -2.37. The van der Waals surface area contributed by atoms with Gasteiger partial charge in [-0.25, -0.2) is 15.0 Å². The van der Waals surface area contributed by atoms with Crippen LogP contribution in [-0.4, -0.2) is 25.8 Å². The summed E-state index contributed by atoms with van der Waals surface area (Å²) in [5, 5.41) is 2.56. The summed E-state index contributed by atoms with van der Waals surface area (Å²) < 4.78 is 0. The molecule has 2 rings (SSSR count). The molecule has 0 aliphatic rings. The van der Waals surface area contributed by atoms with Crippen molar-refractivity contribution in [2.24, 2.45) is 0 Å². The predicted octanol–water partition coefficient (Wildman–Crippen LogP) is 0.519. The minimum Gasteiger partial charge on any atom is -0.304 e. The third-order valence-corrected chi connectivity index (χ3v) is 1.62. The van der Waals surface area contributed by atoms with Crippen LogP contribution in [0.2, 0.25) is 0 Å². The van der Waals surface area contributed by atoms with Gasteiger partial charge in [0, 0.05) is 18.6 Å². The summed E-state index contributed by atoms with van der Waals surface area (Å²) in [4.78, 5) is 26.8. The van der Waals surface area contributed by atoms with E-state index in [1.807, 2.05) is 0 Å². The van der Waals surface area contributed by atoms with Crippen molar-refractivity contribution in [3.63, 3.8) is 0 Å². The Balaban J connectivity index is 2.12. The van der Waals surface area contributed by atoms with Gasteiger partial charge >= 0.3 is 0 Å². The zero-order valence-corrected chi connectivity index (χ0v) is 7.66. The largest absolute Gasteiger partial charge is 0.304 e. The van der Waals surface area contributed by atoms with E-state index in [1.54, 1.807) is 0 Å². The van der Waals surface area contributed by atoms with Gasteiger partial charge in [-0.1, -0.05) is 0 Å². The number of carbonyl (C=O) groups excluding carboxylic acids is 1. The molecule has 74 valence electrons. The van der Waals surface area contributed by atoms with E-state index in [2.05, 4.69) is 25.3 Å². The Bertz CT molecular complexity index is 445. The van der Waals surface area contributed by atoms with E-state index in [4.69, 9.17) is 0 Å². The predicted molar refractivity (Wildman–Crippen MR) is 52.0 cm³/mol. The highest BCUT2D eigenvalue weighted by molar-refractivity contribution is 6.02. The molecular formula is C9H7N5O. The fourth-order valence-electron chi connectivity index (χ4n) is 0.969. The van der Waals surface area contributed by atoms with E-state index >= 15 is 0 Å². The van der Waals surface area contributed by atoms with Crippen molar-refractivity contribution in [1.82, 2.24) is 19.9 Å². The first kappa shape index (κ1) is 9.20. The first-order valence-electron chi connectivity index (χ1n) is 4.19. The maximum absolute atomic E-state index is 11.5. The van der Waals surface area contributed by atoms with Crippen LogP contribution < -0.4 is 5.32 Å². The zero-order chi connectivity index (χ0) is 10.5. The van der Waals surface area contributed by atoms with Crippen LogP contribution in [0.3, 0.4) is 0 Å². The summed E-state index contributed by atoms with van der Waals surface area (Å²) in [6.45, 7) is 0. The van der Waals surface area contributed by atoms with Crippen molar-refractivity contribution in [1.29, 1.82) is 0 Å². The Morgan fingerprint density at radius 2 is 2.07 bits per heavy atom. The van der Waals surface area contributed by atoms with Crippen molar-refractivity contribution in [2.75, 3.05) is 5.32 Å². The number of anilines is 1. The molecule has 0 atom stereocenters. The van der Waals surface area contributed by atoms with Crippen LogP contribution in [0.15, 0.2) is 37.2 Å². The minimum absolute atomic E-state index is 0.288. The van der Waals surface area contributed by atoms with E-state index in [0.29, 0.717) is 5.82 Å². The van der Waals surface area contributed by atoms with E-state index in [0.717, 1.165) is 0 Å². The molecule has 0 unspecified atom stereocenters. The average Bonchev–Trinajstić information content (AvgIpc) is 2.31. The van der Waals surface area contributed by atoms with Crippen molar-refractivity contribution in [2.45, 2.75) is 0 Å². The number of aromatic nitrogens is 4. The molecule has 0 bridgehead atoms. The highest BCUT2D eigenvalue weighted by atomic mass is 16.1. The highest BCUT2D eigenvalue weighted by Crippen LogP contribution is 2.00. The number of rotatable bonds is 2. The summed E-state index contributed by atoms with van der Waals surface area (Å²) in [6.07, 6.45) is 7.29. The summed E-state index contributed by atoms with van der Waals surface area (Å²) >= 11 is 0. The maximum Gasteiger partial charge on any atom is 0.275 e. The SMILES string of the molecule is O=C(Nc1cnccn1)c1ccncn1. The van der Waals surface area contributed by atoms with Gasteiger partial charge in [0.25, 0.3) is 5.91 Å². The van der Waals surface area contributed by atoms with Gasteiger partial charge < -0.3 is 5.32 Å². The monoisotopic (exact) mass is 201 g/mol. The molecule has 2 aromatic rings. The Morgan fingerprint density at radius 3 is 2.73 bits per heavy atom. The lowest BCUT2D eigenvalue weighted by atomic mass is 10.4. The number of amides is 1. The molecule has 0 aliphatic carbocycles. The number of hydrogen-bond donors (Lipinski definition) is 1. The molecule has 0 saturated heterocycles. The fourth-order valence-corrected chi connectivity index (χ4v) is 0.969.